The topological polar surface area (TPSA) is 111 Å². The van der Waals surface area contributed by atoms with E-state index in [-0.39, 0.29) is 32.0 Å². The van der Waals surface area contributed by atoms with E-state index in [9.17, 15) is 19.0 Å². The molecule has 0 aromatic rings. The van der Waals surface area contributed by atoms with Gasteiger partial charge in [0.25, 0.3) is 7.82 Å². The van der Waals surface area contributed by atoms with Crippen LogP contribution in [-0.2, 0) is 32.7 Å². The molecule has 0 N–H and O–H groups in total. The van der Waals surface area contributed by atoms with E-state index in [2.05, 4.69) is 50.3 Å². The first-order chi connectivity index (χ1) is 31.0. The molecular formula is C54H102NO8P. The number of phosphoric acid groups is 1. The zero-order chi connectivity index (χ0) is 47.1. The Hall–Kier alpha value is -1.77. The molecule has 10 heteroatoms. The van der Waals surface area contributed by atoms with Crippen molar-refractivity contribution in [3.63, 3.8) is 0 Å². The lowest BCUT2D eigenvalue weighted by atomic mass is 10.1. The highest BCUT2D eigenvalue weighted by atomic mass is 31.2. The summed E-state index contributed by atoms with van der Waals surface area (Å²) in [5.74, 6) is -0.833. The van der Waals surface area contributed by atoms with Crippen molar-refractivity contribution in [1.82, 2.24) is 0 Å². The predicted molar refractivity (Wildman–Crippen MR) is 268 cm³/mol. The van der Waals surface area contributed by atoms with Crippen LogP contribution in [0, 0.1) is 0 Å². The van der Waals surface area contributed by atoms with Crippen molar-refractivity contribution in [2.45, 2.75) is 251 Å². The van der Waals surface area contributed by atoms with Gasteiger partial charge in [-0.05, 0) is 70.6 Å². The van der Waals surface area contributed by atoms with Crippen LogP contribution in [0.3, 0.4) is 0 Å². The number of allylic oxidation sites excluding steroid dienone is 6. The Bertz CT molecular complexity index is 1180. The zero-order valence-corrected chi connectivity index (χ0v) is 43.4. The van der Waals surface area contributed by atoms with Gasteiger partial charge in [-0.15, -0.1) is 0 Å². The molecule has 0 bridgehead atoms. The quantitative estimate of drug-likeness (QED) is 0.0195. The van der Waals surface area contributed by atoms with Crippen molar-refractivity contribution in [3.8, 4) is 0 Å². The molecular weight excluding hydrogens is 822 g/mol. The third-order valence-corrected chi connectivity index (χ3v) is 12.6. The predicted octanol–water partition coefficient (Wildman–Crippen LogP) is 15.4. The summed E-state index contributed by atoms with van der Waals surface area (Å²) in [7, 11) is 1.17. The molecule has 64 heavy (non-hydrogen) atoms. The fourth-order valence-electron chi connectivity index (χ4n) is 7.45. The van der Waals surface area contributed by atoms with Gasteiger partial charge in [0.1, 0.15) is 19.8 Å². The van der Waals surface area contributed by atoms with Gasteiger partial charge in [0, 0.05) is 12.8 Å². The van der Waals surface area contributed by atoms with Crippen LogP contribution in [0.2, 0.25) is 0 Å². The first kappa shape index (κ1) is 62.2. The first-order valence-corrected chi connectivity index (χ1v) is 28.2. The molecule has 0 aromatic heterocycles. The summed E-state index contributed by atoms with van der Waals surface area (Å²) >= 11 is 0. The molecule has 0 saturated carbocycles. The lowest BCUT2D eigenvalue weighted by Gasteiger charge is -2.28. The summed E-state index contributed by atoms with van der Waals surface area (Å²) in [4.78, 5) is 37.8. The smallest absolute Gasteiger partial charge is 0.306 e. The minimum Gasteiger partial charge on any atom is -0.756 e. The van der Waals surface area contributed by atoms with Crippen molar-refractivity contribution in [3.05, 3.63) is 36.5 Å². The molecule has 2 unspecified atom stereocenters. The Kier molecular flexibility index (Phi) is 45.1. The van der Waals surface area contributed by atoms with Gasteiger partial charge in [0.05, 0.1) is 27.7 Å². The molecule has 376 valence electrons. The Labute approximate surface area is 395 Å². The number of hydrogen-bond acceptors (Lipinski definition) is 8. The molecule has 0 aliphatic carbocycles. The molecule has 0 aliphatic heterocycles. The summed E-state index contributed by atoms with van der Waals surface area (Å²) in [5, 5.41) is 0. The van der Waals surface area contributed by atoms with E-state index in [0.717, 1.165) is 51.4 Å². The van der Waals surface area contributed by atoms with Crippen LogP contribution in [0.5, 0.6) is 0 Å². The van der Waals surface area contributed by atoms with Crippen molar-refractivity contribution in [2.75, 3.05) is 47.5 Å². The third kappa shape index (κ3) is 49.7. The molecule has 9 nitrogen and oxygen atoms in total. The summed E-state index contributed by atoms with van der Waals surface area (Å²) in [6, 6.07) is 0. The maximum Gasteiger partial charge on any atom is 0.306 e. The van der Waals surface area contributed by atoms with Crippen LogP contribution >= 0.6 is 7.82 Å². The van der Waals surface area contributed by atoms with E-state index in [1.54, 1.807) is 0 Å². The standard InChI is InChI=1S/C54H102NO8P/c1-6-8-10-12-14-16-18-20-22-24-26-27-29-31-33-35-37-39-41-43-45-47-54(57)63-52(51-62-64(58,59)61-49-48-55(3,4)5)50-60-53(56)46-44-42-40-38-36-34-32-30-28-25-23-21-19-17-15-13-11-9-7-2/h18,20-21,23-24,26,52H,6-17,19,22,25,27-51H2,1-5H3/b20-18-,23-21-,26-24-. The lowest BCUT2D eigenvalue weighted by molar-refractivity contribution is -0.870. The van der Waals surface area contributed by atoms with Crippen LogP contribution in [-0.4, -0.2) is 70.0 Å². The van der Waals surface area contributed by atoms with Gasteiger partial charge in [-0.2, -0.15) is 0 Å². The Balaban J connectivity index is 4.23. The zero-order valence-electron chi connectivity index (χ0n) is 42.5. The number of hydrogen-bond donors (Lipinski definition) is 0. The fraction of sp³-hybridized carbons (Fsp3) is 0.852. The van der Waals surface area contributed by atoms with E-state index >= 15 is 0 Å². The minimum absolute atomic E-state index is 0.0315. The van der Waals surface area contributed by atoms with Crippen LogP contribution < -0.4 is 4.89 Å². The molecule has 2 atom stereocenters. The molecule has 0 radical (unpaired) electrons. The summed E-state index contributed by atoms with van der Waals surface area (Å²) in [5.41, 5.74) is 0. The number of nitrogens with zero attached hydrogens (tertiary/aromatic N) is 1. The van der Waals surface area contributed by atoms with Crippen LogP contribution in [0.1, 0.15) is 245 Å². The number of ether oxygens (including phenoxy) is 2. The molecule has 0 fully saturated rings. The van der Waals surface area contributed by atoms with Crippen molar-refractivity contribution < 1.29 is 42.1 Å². The van der Waals surface area contributed by atoms with Gasteiger partial charge >= 0.3 is 11.9 Å². The van der Waals surface area contributed by atoms with E-state index in [1.165, 1.54) is 161 Å². The van der Waals surface area contributed by atoms with Gasteiger partial charge in [-0.25, -0.2) is 0 Å². The van der Waals surface area contributed by atoms with Crippen LogP contribution in [0.15, 0.2) is 36.5 Å². The van der Waals surface area contributed by atoms with Gasteiger partial charge in [-0.1, -0.05) is 198 Å². The number of carbonyl (C=O) groups is 2. The van der Waals surface area contributed by atoms with Crippen LogP contribution in [0.4, 0.5) is 0 Å². The number of quaternary nitrogens is 1. The number of likely N-dealkylation sites (N-methyl/N-ethyl adjacent to an activating group) is 1. The van der Waals surface area contributed by atoms with Crippen molar-refractivity contribution >= 4 is 19.8 Å². The van der Waals surface area contributed by atoms with E-state index in [0.29, 0.717) is 17.4 Å². The maximum absolute atomic E-state index is 12.8. The number of unbranched alkanes of at least 4 members (excludes halogenated alkanes) is 29. The number of phosphoric ester groups is 1. The Morgan fingerprint density at radius 3 is 1.25 bits per heavy atom. The maximum atomic E-state index is 12.8. The second-order valence-electron chi connectivity index (χ2n) is 19.2. The van der Waals surface area contributed by atoms with Gasteiger partial charge in [0.2, 0.25) is 0 Å². The summed E-state index contributed by atoms with van der Waals surface area (Å²) in [6.45, 7) is 4.24. The molecule has 0 amide bonds. The average molecular weight is 924 g/mol. The van der Waals surface area contributed by atoms with E-state index in [1.807, 2.05) is 21.1 Å². The highest BCUT2D eigenvalue weighted by Gasteiger charge is 2.21. The second-order valence-corrected chi connectivity index (χ2v) is 20.6. The Morgan fingerprint density at radius 2 is 0.844 bits per heavy atom. The third-order valence-electron chi connectivity index (χ3n) is 11.6. The fourth-order valence-corrected chi connectivity index (χ4v) is 8.17. The van der Waals surface area contributed by atoms with E-state index < -0.39 is 26.5 Å². The van der Waals surface area contributed by atoms with Gasteiger partial charge < -0.3 is 27.9 Å². The second kappa shape index (κ2) is 46.3. The highest BCUT2D eigenvalue weighted by molar-refractivity contribution is 7.45. The highest BCUT2D eigenvalue weighted by Crippen LogP contribution is 2.38. The monoisotopic (exact) mass is 924 g/mol. The molecule has 0 rings (SSSR count). The molecule has 0 heterocycles. The molecule has 0 aliphatic rings. The normalized spacial score (nSPS) is 13.7. The average Bonchev–Trinajstić information content (AvgIpc) is 3.25. The SMILES string of the molecule is CCCCCCC/C=C\C/C=C\CCCCCCCCCCCC(=O)OC(COC(=O)CCCCCCCCCCC/C=C\CCCCCCCC)COP(=O)([O-])OCC[N+](C)(C)C. The van der Waals surface area contributed by atoms with Crippen LogP contribution in [0.25, 0.3) is 0 Å². The first-order valence-electron chi connectivity index (χ1n) is 26.7. The largest absolute Gasteiger partial charge is 0.756 e. The van der Waals surface area contributed by atoms with E-state index in [4.69, 9.17) is 18.5 Å². The molecule has 0 saturated heterocycles. The molecule has 0 aromatic carbocycles. The summed E-state index contributed by atoms with van der Waals surface area (Å²) in [6.07, 6.45) is 54.5. The van der Waals surface area contributed by atoms with Gasteiger partial charge in [0.15, 0.2) is 6.10 Å². The number of esters is 2. The molecule has 0 spiro atoms. The van der Waals surface area contributed by atoms with Crippen molar-refractivity contribution in [1.29, 1.82) is 0 Å². The van der Waals surface area contributed by atoms with Crippen molar-refractivity contribution in [2.24, 2.45) is 0 Å². The Morgan fingerprint density at radius 1 is 0.484 bits per heavy atom. The summed E-state index contributed by atoms with van der Waals surface area (Å²) < 4.78 is 34.1. The van der Waals surface area contributed by atoms with Gasteiger partial charge in [-0.3, -0.25) is 14.2 Å². The minimum atomic E-state index is -4.63. The number of rotatable bonds is 49. The number of carbonyl (C=O) groups excluding carboxylic acids is 2. The lowest BCUT2D eigenvalue weighted by Crippen LogP contribution is -2.37.